The fraction of sp³-hybridized carbons (Fsp3) is 0.714. The maximum atomic E-state index is 11.5. The molecule has 0 unspecified atom stereocenters. The first kappa shape index (κ1) is 10.1. The number of halogens is 1. The van der Waals surface area contributed by atoms with Crippen molar-refractivity contribution in [1.29, 1.82) is 0 Å². The molecule has 0 aliphatic carbocycles. The largest absolute Gasteiger partial charge is 0.466 e. The van der Waals surface area contributed by atoms with Crippen LogP contribution in [0.2, 0.25) is 0 Å². The molecule has 0 saturated heterocycles. The van der Waals surface area contributed by atoms with E-state index in [1.54, 1.807) is 6.92 Å². The van der Waals surface area contributed by atoms with Crippen LogP contribution in [0.25, 0.3) is 0 Å². The highest BCUT2D eigenvalue weighted by Crippen LogP contribution is 1.94. The van der Waals surface area contributed by atoms with Gasteiger partial charge in [0.05, 0.1) is 6.61 Å². The molecular weight excluding hydrogens is 151 g/mol. The highest BCUT2D eigenvalue weighted by Gasteiger charge is 2.00. The molecule has 0 aromatic rings. The van der Waals surface area contributed by atoms with E-state index in [0.717, 1.165) is 0 Å². The van der Waals surface area contributed by atoms with Crippen molar-refractivity contribution in [3.05, 3.63) is 0 Å². The van der Waals surface area contributed by atoms with Gasteiger partial charge in [0.15, 0.2) is 0 Å². The number of esters is 1. The van der Waals surface area contributed by atoms with Crippen LogP contribution in [-0.2, 0) is 14.3 Å². The third-order valence-corrected chi connectivity index (χ3v) is 1.07. The molecule has 0 N–H and O–H groups in total. The summed E-state index contributed by atoms with van der Waals surface area (Å²) in [5.74, 6) is -0.323. The van der Waals surface area contributed by atoms with Crippen molar-refractivity contribution in [2.45, 2.75) is 26.2 Å². The van der Waals surface area contributed by atoms with Gasteiger partial charge in [0.2, 0.25) is 0 Å². The van der Waals surface area contributed by atoms with E-state index in [4.69, 9.17) is 0 Å². The Morgan fingerprint density at radius 3 is 2.55 bits per heavy atom. The van der Waals surface area contributed by atoms with Gasteiger partial charge in [-0.25, -0.2) is 0 Å². The van der Waals surface area contributed by atoms with E-state index >= 15 is 0 Å². The zero-order chi connectivity index (χ0) is 8.69. The minimum Gasteiger partial charge on any atom is -0.466 e. The summed E-state index contributed by atoms with van der Waals surface area (Å²) in [5, 5.41) is 0. The quantitative estimate of drug-likeness (QED) is 0.347. The maximum absolute atomic E-state index is 11.5. The summed E-state index contributed by atoms with van der Waals surface area (Å²) in [6.45, 7) is 1.80. The molecule has 0 aromatic heterocycles. The van der Waals surface area contributed by atoms with Crippen molar-refractivity contribution in [3.8, 4) is 0 Å². The summed E-state index contributed by atoms with van der Waals surface area (Å²) in [4.78, 5) is 20.2. The fourth-order valence-electron chi connectivity index (χ4n) is 0.499. The second-order valence-corrected chi connectivity index (χ2v) is 2.03. The Morgan fingerprint density at radius 1 is 1.45 bits per heavy atom. The molecule has 0 spiro atoms. The van der Waals surface area contributed by atoms with Gasteiger partial charge in [-0.3, -0.25) is 9.59 Å². The zero-order valence-corrected chi connectivity index (χ0v) is 6.43. The number of hydrogen-bond donors (Lipinski definition) is 0. The Kier molecular flexibility index (Phi) is 5.33. The molecule has 0 fully saturated rings. The average molecular weight is 162 g/mol. The topological polar surface area (TPSA) is 43.4 Å². The van der Waals surface area contributed by atoms with Gasteiger partial charge in [-0.2, -0.15) is 4.39 Å². The molecule has 0 aliphatic heterocycles. The van der Waals surface area contributed by atoms with Crippen molar-refractivity contribution in [1.82, 2.24) is 0 Å². The van der Waals surface area contributed by atoms with Gasteiger partial charge in [-0.15, -0.1) is 0 Å². The van der Waals surface area contributed by atoms with Crippen LogP contribution < -0.4 is 0 Å². The van der Waals surface area contributed by atoms with Gasteiger partial charge in [-0.05, 0) is 6.42 Å². The molecule has 0 radical (unpaired) electrons. The van der Waals surface area contributed by atoms with Crippen LogP contribution >= 0.6 is 0 Å². The second-order valence-electron chi connectivity index (χ2n) is 2.03. The van der Waals surface area contributed by atoms with Crippen LogP contribution in [0.1, 0.15) is 26.2 Å². The Balaban J connectivity index is 3.14. The van der Waals surface area contributed by atoms with E-state index < -0.39 is 6.04 Å². The third kappa shape index (κ3) is 6.96. The maximum Gasteiger partial charge on any atom is 0.305 e. The summed E-state index contributed by atoms with van der Waals surface area (Å²) >= 11 is 0. The first-order valence-corrected chi connectivity index (χ1v) is 3.50. The molecule has 64 valence electrons. The van der Waals surface area contributed by atoms with Crippen LogP contribution in [0.3, 0.4) is 0 Å². The van der Waals surface area contributed by atoms with E-state index in [1.807, 2.05) is 0 Å². The third-order valence-electron chi connectivity index (χ3n) is 1.07. The monoisotopic (exact) mass is 162 g/mol. The van der Waals surface area contributed by atoms with E-state index in [-0.39, 0.29) is 25.4 Å². The normalized spacial score (nSPS) is 9.27. The summed E-state index contributed by atoms with van der Waals surface area (Å²) in [5.41, 5.74) is 0. The van der Waals surface area contributed by atoms with E-state index in [0.29, 0.717) is 6.42 Å². The molecule has 0 bridgehead atoms. The minimum absolute atomic E-state index is 0.127. The molecule has 3 nitrogen and oxygen atoms in total. The van der Waals surface area contributed by atoms with Crippen molar-refractivity contribution in [3.63, 3.8) is 0 Å². The SMILES string of the molecule is CCC(=O)OCCCC(=O)F. The Bertz CT molecular complexity index is 145. The smallest absolute Gasteiger partial charge is 0.305 e. The van der Waals surface area contributed by atoms with Gasteiger partial charge in [0.25, 0.3) is 0 Å². The van der Waals surface area contributed by atoms with Crippen LogP contribution in [-0.4, -0.2) is 18.6 Å². The molecule has 0 atom stereocenters. The van der Waals surface area contributed by atoms with E-state index in [2.05, 4.69) is 4.74 Å². The molecule has 4 heteroatoms. The van der Waals surface area contributed by atoms with Crippen LogP contribution in [0, 0.1) is 0 Å². The molecular formula is C7H11FO3. The van der Waals surface area contributed by atoms with E-state index in [1.165, 1.54) is 0 Å². The molecule has 0 amide bonds. The lowest BCUT2D eigenvalue weighted by Crippen LogP contribution is -2.04. The molecule has 0 aliphatic rings. The first-order chi connectivity index (χ1) is 5.16. The Hall–Kier alpha value is -0.930. The lowest BCUT2D eigenvalue weighted by molar-refractivity contribution is -0.144. The Labute approximate surface area is 64.5 Å². The molecule has 0 saturated carbocycles. The van der Waals surface area contributed by atoms with Crippen molar-refractivity contribution < 1.29 is 18.7 Å². The summed E-state index contributed by atoms with van der Waals surface area (Å²) in [6, 6.07) is -1.36. The highest BCUT2D eigenvalue weighted by atomic mass is 19.1. The number of carbonyl (C=O) groups is 2. The number of hydrogen-bond acceptors (Lipinski definition) is 3. The molecule has 11 heavy (non-hydrogen) atoms. The van der Waals surface area contributed by atoms with Gasteiger partial charge in [0, 0.05) is 12.8 Å². The standard InChI is InChI=1S/C7H11FO3/c1-2-7(10)11-5-3-4-6(8)9/h2-5H2,1H3. The zero-order valence-electron chi connectivity index (χ0n) is 6.43. The summed E-state index contributed by atoms with van der Waals surface area (Å²) < 4.78 is 16.1. The second kappa shape index (κ2) is 5.82. The number of carbonyl (C=O) groups excluding carboxylic acids is 2. The van der Waals surface area contributed by atoms with Crippen LogP contribution in [0.15, 0.2) is 0 Å². The van der Waals surface area contributed by atoms with Crippen LogP contribution in [0.4, 0.5) is 4.39 Å². The van der Waals surface area contributed by atoms with E-state index in [9.17, 15) is 14.0 Å². The van der Waals surface area contributed by atoms with Gasteiger partial charge in [-0.1, -0.05) is 6.92 Å². The lowest BCUT2D eigenvalue weighted by Gasteiger charge is -1.99. The molecule has 0 heterocycles. The van der Waals surface area contributed by atoms with Crippen molar-refractivity contribution in [2.75, 3.05) is 6.61 Å². The summed E-state index contributed by atoms with van der Waals surface area (Å²) in [6.07, 6.45) is 0.404. The highest BCUT2D eigenvalue weighted by molar-refractivity contribution is 5.69. The average Bonchev–Trinajstić information content (AvgIpc) is 1.97. The predicted octanol–water partition coefficient (Wildman–Crippen LogP) is 1.22. The van der Waals surface area contributed by atoms with Gasteiger partial charge >= 0.3 is 12.0 Å². The van der Waals surface area contributed by atoms with Gasteiger partial charge < -0.3 is 4.74 Å². The van der Waals surface area contributed by atoms with Crippen molar-refractivity contribution >= 4 is 12.0 Å². The predicted molar refractivity (Wildman–Crippen MR) is 36.6 cm³/mol. The summed E-state index contributed by atoms with van der Waals surface area (Å²) in [7, 11) is 0. The number of ether oxygens (including phenoxy) is 1. The first-order valence-electron chi connectivity index (χ1n) is 3.50. The lowest BCUT2D eigenvalue weighted by atomic mass is 10.3. The fourth-order valence-corrected chi connectivity index (χ4v) is 0.499. The molecule has 0 aromatic carbocycles. The van der Waals surface area contributed by atoms with Gasteiger partial charge in [0.1, 0.15) is 0 Å². The number of rotatable bonds is 5. The van der Waals surface area contributed by atoms with Crippen molar-refractivity contribution in [2.24, 2.45) is 0 Å². The van der Waals surface area contributed by atoms with Crippen LogP contribution in [0.5, 0.6) is 0 Å². The Morgan fingerprint density at radius 2 is 2.09 bits per heavy atom. The molecule has 0 rings (SSSR count). The minimum atomic E-state index is -1.36.